The molecule has 0 unspecified atom stereocenters. The van der Waals surface area contributed by atoms with Crippen molar-refractivity contribution in [1.29, 1.82) is 0 Å². The minimum absolute atomic E-state index is 0.841. The molecule has 1 aliphatic rings. The molecule has 25 heavy (non-hydrogen) atoms. The minimum Gasteiger partial charge on any atom is -0.370 e. The van der Waals surface area contributed by atoms with E-state index in [1.807, 2.05) is 46.6 Å². The summed E-state index contributed by atoms with van der Waals surface area (Å²) in [6.07, 6.45) is 5.49. The Kier molecular flexibility index (Phi) is 4.96. The van der Waals surface area contributed by atoms with E-state index in [0.29, 0.717) is 0 Å². The lowest BCUT2D eigenvalue weighted by atomic mass is 10.3. The van der Waals surface area contributed by atoms with Crippen LogP contribution in [0.25, 0.3) is 5.65 Å². The number of anilines is 2. The quantitative estimate of drug-likeness (QED) is 0.679. The summed E-state index contributed by atoms with van der Waals surface area (Å²) >= 11 is 2.00. The normalized spacial score (nSPS) is 14.8. The maximum atomic E-state index is 4.41. The first-order valence-corrected chi connectivity index (χ1v) is 9.73. The number of pyridine rings is 1. The molecule has 1 N–H and O–H groups in total. The lowest BCUT2D eigenvalue weighted by molar-refractivity contribution is 0.785. The van der Waals surface area contributed by atoms with Crippen molar-refractivity contribution in [3.05, 3.63) is 42.6 Å². The maximum Gasteiger partial charge on any atom is 0.160 e. The Hall–Kier alpha value is -2.35. The van der Waals surface area contributed by atoms with Crippen molar-refractivity contribution in [2.24, 2.45) is 0 Å². The Morgan fingerprint density at radius 3 is 2.96 bits per heavy atom. The summed E-state index contributed by atoms with van der Waals surface area (Å²) in [4.78, 5) is 11.1. The van der Waals surface area contributed by atoms with Gasteiger partial charge in [0.1, 0.15) is 23.8 Å². The summed E-state index contributed by atoms with van der Waals surface area (Å²) in [5.41, 5.74) is 0.894. The number of thioether (sulfide) groups is 1. The smallest absolute Gasteiger partial charge is 0.160 e. The molecule has 0 radical (unpaired) electrons. The van der Waals surface area contributed by atoms with Gasteiger partial charge in [-0.15, -0.1) is 10.2 Å². The lowest BCUT2D eigenvalue weighted by Crippen LogP contribution is -2.33. The number of nitrogens with zero attached hydrogens (tertiary/aromatic N) is 6. The molecule has 1 fully saturated rings. The fraction of sp³-hybridized carbons (Fsp3) is 0.412. The second-order valence-electron chi connectivity index (χ2n) is 5.94. The monoisotopic (exact) mass is 355 g/mol. The highest BCUT2D eigenvalue weighted by Crippen LogP contribution is 2.18. The fourth-order valence-electron chi connectivity index (χ4n) is 2.93. The van der Waals surface area contributed by atoms with Gasteiger partial charge in [-0.3, -0.25) is 4.40 Å². The fourth-order valence-corrected chi connectivity index (χ4v) is 3.84. The Morgan fingerprint density at radius 1 is 1.12 bits per heavy atom. The summed E-state index contributed by atoms with van der Waals surface area (Å²) < 4.78 is 2.04. The van der Waals surface area contributed by atoms with Crippen molar-refractivity contribution in [2.75, 3.05) is 41.4 Å². The van der Waals surface area contributed by atoms with E-state index < -0.39 is 0 Å². The Bertz CT molecular complexity index is 828. The van der Waals surface area contributed by atoms with E-state index in [0.717, 1.165) is 55.6 Å². The van der Waals surface area contributed by atoms with Crippen LogP contribution in [0.5, 0.6) is 0 Å². The molecule has 0 amide bonds. The predicted octanol–water partition coefficient (Wildman–Crippen LogP) is 2.12. The van der Waals surface area contributed by atoms with E-state index in [1.54, 1.807) is 6.33 Å². The lowest BCUT2D eigenvalue weighted by Gasteiger charge is -2.27. The number of nitrogens with one attached hydrogen (secondary N) is 1. The molecule has 7 nitrogen and oxygen atoms in total. The van der Waals surface area contributed by atoms with Crippen LogP contribution < -0.4 is 10.2 Å². The highest BCUT2D eigenvalue weighted by atomic mass is 32.2. The average molecular weight is 355 g/mol. The molecule has 130 valence electrons. The number of hydrogen-bond acceptors (Lipinski definition) is 7. The number of hydrogen-bond donors (Lipinski definition) is 1. The van der Waals surface area contributed by atoms with Crippen LogP contribution in [0.4, 0.5) is 11.6 Å². The molecule has 0 aromatic carbocycles. The van der Waals surface area contributed by atoms with Gasteiger partial charge >= 0.3 is 0 Å². The van der Waals surface area contributed by atoms with Crippen LogP contribution in [0.2, 0.25) is 0 Å². The SMILES string of the molecule is c1ccn2c(CCCNc3cc(N4CCSCC4)ncn3)nnc2c1. The molecule has 0 saturated carbocycles. The van der Waals surface area contributed by atoms with Gasteiger partial charge in [0.15, 0.2) is 5.65 Å². The molecule has 8 heteroatoms. The molecule has 1 aliphatic heterocycles. The van der Waals surface area contributed by atoms with Gasteiger partial charge in [0.2, 0.25) is 0 Å². The van der Waals surface area contributed by atoms with Crippen molar-refractivity contribution >= 4 is 29.0 Å². The van der Waals surface area contributed by atoms with Gasteiger partial charge < -0.3 is 10.2 Å². The van der Waals surface area contributed by atoms with Gasteiger partial charge in [-0.05, 0) is 18.6 Å². The molecule has 4 heterocycles. The summed E-state index contributed by atoms with van der Waals surface area (Å²) in [5, 5.41) is 11.8. The van der Waals surface area contributed by atoms with E-state index >= 15 is 0 Å². The first kappa shape index (κ1) is 16.1. The van der Waals surface area contributed by atoms with E-state index in [9.17, 15) is 0 Å². The minimum atomic E-state index is 0.841. The van der Waals surface area contributed by atoms with Crippen LogP contribution in [-0.4, -0.2) is 55.7 Å². The molecular formula is C17H21N7S. The number of rotatable bonds is 6. The number of fused-ring (bicyclic) bond motifs is 1. The van der Waals surface area contributed by atoms with Gasteiger partial charge in [-0.1, -0.05) is 6.07 Å². The molecule has 0 aliphatic carbocycles. The second kappa shape index (κ2) is 7.69. The van der Waals surface area contributed by atoms with Crippen LogP contribution in [0, 0.1) is 0 Å². The third-order valence-corrected chi connectivity index (χ3v) is 5.20. The van der Waals surface area contributed by atoms with Crippen molar-refractivity contribution in [2.45, 2.75) is 12.8 Å². The third kappa shape index (κ3) is 3.84. The van der Waals surface area contributed by atoms with Crippen LogP contribution in [0.3, 0.4) is 0 Å². The standard InChI is InChI=1S/C17H21N7S/c1-2-7-24-15(4-1)21-22-16(24)5-3-6-18-14-12-17(20-13-19-14)23-8-10-25-11-9-23/h1-2,4,7,12-13H,3,5-6,8-11H2,(H,18,19,20). The first-order chi connectivity index (χ1) is 12.4. The Morgan fingerprint density at radius 2 is 2.04 bits per heavy atom. The maximum absolute atomic E-state index is 4.41. The first-order valence-electron chi connectivity index (χ1n) is 8.57. The second-order valence-corrected chi connectivity index (χ2v) is 7.16. The highest BCUT2D eigenvalue weighted by molar-refractivity contribution is 7.99. The zero-order valence-corrected chi connectivity index (χ0v) is 14.8. The van der Waals surface area contributed by atoms with Crippen molar-refractivity contribution in [3.8, 4) is 0 Å². The van der Waals surface area contributed by atoms with Gasteiger partial charge in [0.05, 0.1) is 0 Å². The summed E-state index contributed by atoms with van der Waals surface area (Å²) in [6.45, 7) is 2.95. The van der Waals surface area contributed by atoms with Gasteiger partial charge in [-0.25, -0.2) is 9.97 Å². The Labute approximate surface area is 150 Å². The summed E-state index contributed by atoms with van der Waals surface area (Å²) in [5.74, 6) is 5.22. The largest absolute Gasteiger partial charge is 0.370 e. The summed E-state index contributed by atoms with van der Waals surface area (Å²) in [7, 11) is 0. The van der Waals surface area contributed by atoms with E-state index in [4.69, 9.17) is 0 Å². The third-order valence-electron chi connectivity index (χ3n) is 4.26. The van der Waals surface area contributed by atoms with Gasteiger partial charge in [0.25, 0.3) is 0 Å². The van der Waals surface area contributed by atoms with Crippen molar-refractivity contribution in [3.63, 3.8) is 0 Å². The molecule has 3 aromatic rings. The van der Waals surface area contributed by atoms with E-state index in [-0.39, 0.29) is 0 Å². The number of aromatic nitrogens is 5. The molecule has 0 atom stereocenters. The molecule has 1 saturated heterocycles. The molecule has 0 spiro atoms. The average Bonchev–Trinajstić information content (AvgIpc) is 3.09. The topological polar surface area (TPSA) is 71.2 Å². The zero-order chi connectivity index (χ0) is 16.9. The van der Waals surface area contributed by atoms with E-state index in [1.165, 1.54) is 11.5 Å². The van der Waals surface area contributed by atoms with Gasteiger partial charge in [0, 0.05) is 49.8 Å². The molecular weight excluding hydrogens is 334 g/mol. The Balaban J connectivity index is 1.31. The van der Waals surface area contributed by atoms with Crippen molar-refractivity contribution in [1.82, 2.24) is 24.6 Å². The predicted molar refractivity (Wildman–Crippen MR) is 101 cm³/mol. The van der Waals surface area contributed by atoms with Crippen LogP contribution in [0.15, 0.2) is 36.8 Å². The van der Waals surface area contributed by atoms with E-state index in [2.05, 4.69) is 30.4 Å². The van der Waals surface area contributed by atoms with Crippen molar-refractivity contribution < 1.29 is 0 Å². The number of aryl methyl sites for hydroxylation is 1. The van der Waals surface area contributed by atoms with Crippen LogP contribution in [0.1, 0.15) is 12.2 Å². The molecule has 3 aromatic heterocycles. The van der Waals surface area contributed by atoms with Gasteiger partial charge in [-0.2, -0.15) is 11.8 Å². The zero-order valence-electron chi connectivity index (χ0n) is 14.0. The molecule has 4 rings (SSSR count). The van der Waals surface area contributed by atoms with Crippen LogP contribution >= 0.6 is 11.8 Å². The van der Waals surface area contributed by atoms with Crippen LogP contribution in [-0.2, 0) is 6.42 Å². The summed E-state index contributed by atoms with van der Waals surface area (Å²) in [6, 6.07) is 7.99. The molecule has 0 bridgehead atoms. The highest BCUT2D eigenvalue weighted by Gasteiger charge is 2.13.